The summed E-state index contributed by atoms with van der Waals surface area (Å²) < 4.78 is 0. The number of hydrogen-bond donors (Lipinski definition) is 1. The fourth-order valence-electron chi connectivity index (χ4n) is 1.74. The smallest absolute Gasteiger partial charge is 0.307 e. The van der Waals surface area contributed by atoms with Crippen molar-refractivity contribution in [2.24, 2.45) is 5.92 Å². The molecule has 0 amide bonds. The molecule has 0 spiro atoms. The van der Waals surface area contributed by atoms with Crippen LogP contribution in [0.4, 0.5) is 0 Å². The Bertz CT molecular complexity index is 467. The molecule has 0 aliphatic carbocycles. The van der Waals surface area contributed by atoms with E-state index in [2.05, 4.69) is 4.98 Å². The summed E-state index contributed by atoms with van der Waals surface area (Å²) in [5.41, 5.74) is 3.64. The summed E-state index contributed by atoms with van der Waals surface area (Å²) in [6, 6.07) is 9.70. The van der Waals surface area contributed by atoms with E-state index in [1.807, 2.05) is 35.7 Å². The third kappa shape index (κ3) is 3.39. The van der Waals surface area contributed by atoms with Gasteiger partial charge in [-0.05, 0) is 12.0 Å². The SMILES string of the molecule is O=C(O)[C@H](Cc1ccccc1)Cc1cscn1. The van der Waals surface area contributed by atoms with Gasteiger partial charge in [0.15, 0.2) is 0 Å². The first-order valence-corrected chi connectivity index (χ1v) is 6.34. The van der Waals surface area contributed by atoms with Gasteiger partial charge in [0, 0.05) is 11.8 Å². The topological polar surface area (TPSA) is 50.2 Å². The Kier molecular flexibility index (Phi) is 3.88. The van der Waals surface area contributed by atoms with Crippen molar-refractivity contribution in [2.75, 3.05) is 0 Å². The van der Waals surface area contributed by atoms with E-state index >= 15 is 0 Å². The van der Waals surface area contributed by atoms with Crippen LogP contribution in [0.3, 0.4) is 0 Å². The molecule has 0 radical (unpaired) electrons. The fraction of sp³-hybridized carbons (Fsp3) is 0.231. The maximum absolute atomic E-state index is 11.2. The minimum absolute atomic E-state index is 0.403. The van der Waals surface area contributed by atoms with Gasteiger partial charge in [-0.1, -0.05) is 30.3 Å². The van der Waals surface area contributed by atoms with Crippen LogP contribution in [-0.4, -0.2) is 16.1 Å². The Hall–Kier alpha value is -1.68. The number of benzene rings is 1. The van der Waals surface area contributed by atoms with E-state index in [-0.39, 0.29) is 0 Å². The molecule has 0 aliphatic rings. The largest absolute Gasteiger partial charge is 0.481 e. The quantitative estimate of drug-likeness (QED) is 0.883. The second-order valence-electron chi connectivity index (χ2n) is 3.91. The summed E-state index contributed by atoms with van der Waals surface area (Å²) in [4.78, 5) is 15.3. The molecule has 1 heterocycles. The molecule has 4 heteroatoms. The Labute approximate surface area is 104 Å². The van der Waals surface area contributed by atoms with Gasteiger partial charge in [-0.15, -0.1) is 11.3 Å². The average molecular weight is 247 g/mol. The molecule has 0 saturated carbocycles. The lowest BCUT2D eigenvalue weighted by atomic mass is 9.95. The lowest BCUT2D eigenvalue weighted by Crippen LogP contribution is -2.19. The van der Waals surface area contributed by atoms with Crippen molar-refractivity contribution in [1.29, 1.82) is 0 Å². The summed E-state index contributed by atoms with van der Waals surface area (Å²) in [6.07, 6.45) is 1.04. The molecule has 0 aliphatic heterocycles. The molecule has 1 aromatic carbocycles. The lowest BCUT2D eigenvalue weighted by Gasteiger charge is -2.10. The Morgan fingerprint density at radius 1 is 1.29 bits per heavy atom. The van der Waals surface area contributed by atoms with Crippen molar-refractivity contribution in [3.05, 3.63) is 52.5 Å². The molecule has 17 heavy (non-hydrogen) atoms. The number of hydrogen-bond acceptors (Lipinski definition) is 3. The van der Waals surface area contributed by atoms with E-state index in [0.717, 1.165) is 11.3 Å². The highest BCUT2D eigenvalue weighted by Gasteiger charge is 2.19. The van der Waals surface area contributed by atoms with Crippen molar-refractivity contribution in [1.82, 2.24) is 4.98 Å². The zero-order valence-corrected chi connectivity index (χ0v) is 10.1. The van der Waals surface area contributed by atoms with Crippen molar-refractivity contribution in [2.45, 2.75) is 12.8 Å². The van der Waals surface area contributed by atoms with Crippen molar-refractivity contribution < 1.29 is 9.90 Å². The van der Waals surface area contributed by atoms with Gasteiger partial charge >= 0.3 is 5.97 Å². The van der Waals surface area contributed by atoms with Crippen LogP contribution in [0.5, 0.6) is 0 Å². The highest BCUT2D eigenvalue weighted by Crippen LogP contribution is 2.15. The maximum Gasteiger partial charge on any atom is 0.307 e. The molecule has 0 saturated heterocycles. The zero-order chi connectivity index (χ0) is 12.1. The molecule has 3 nitrogen and oxygen atoms in total. The monoisotopic (exact) mass is 247 g/mol. The van der Waals surface area contributed by atoms with E-state index in [1.54, 1.807) is 5.51 Å². The molecule has 0 bridgehead atoms. The van der Waals surface area contributed by atoms with Crippen LogP contribution < -0.4 is 0 Å². The predicted octanol–water partition coefficient (Wildman–Crippen LogP) is 2.63. The number of thiazole rings is 1. The first-order valence-electron chi connectivity index (χ1n) is 5.39. The van der Waals surface area contributed by atoms with E-state index in [0.29, 0.717) is 12.8 Å². The minimum atomic E-state index is -0.762. The fourth-order valence-corrected chi connectivity index (χ4v) is 2.31. The summed E-state index contributed by atoms with van der Waals surface area (Å²) >= 11 is 1.50. The summed E-state index contributed by atoms with van der Waals surface area (Å²) in [7, 11) is 0. The van der Waals surface area contributed by atoms with Gasteiger partial charge in [-0.25, -0.2) is 4.98 Å². The van der Waals surface area contributed by atoms with E-state index < -0.39 is 11.9 Å². The molecule has 1 atom stereocenters. The van der Waals surface area contributed by atoms with Crippen LogP contribution in [0.15, 0.2) is 41.2 Å². The molecule has 2 aromatic rings. The number of carbonyl (C=O) groups is 1. The standard InChI is InChI=1S/C13H13NO2S/c15-13(16)11(7-12-8-17-9-14-12)6-10-4-2-1-3-5-10/h1-5,8-9,11H,6-7H2,(H,15,16)/t11-/m1/s1. The van der Waals surface area contributed by atoms with Gasteiger partial charge in [-0.3, -0.25) is 4.79 Å². The van der Waals surface area contributed by atoms with Gasteiger partial charge < -0.3 is 5.11 Å². The van der Waals surface area contributed by atoms with E-state index in [1.165, 1.54) is 11.3 Å². The average Bonchev–Trinajstić information content (AvgIpc) is 2.82. The van der Waals surface area contributed by atoms with Gasteiger partial charge in [-0.2, -0.15) is 0 Å². The lowest BCUT2D eigenvalue weighted by molar-refractivity contribution is -0.141. The highest BCUT2D eigenvalue weighted by molar-refractivity contribution is 7.07. The first-order chi connectivity index (χ1) is 8.25. The number of carboxylic acids is 1. The summed E-state index contributed by atoms with van der Waals surface area (Å²) in [6.45, 7) is 0. The molecule has 1 N–H and O–H groups in total. The second-order valence-corrected chi connectivity index (χ2v) is 4.63. The van der Waals surface area contributed by atoms with E-state index in [4.69, 9.17) is 0 Å². The maximum atomic E-state index is 11.2. The molecule has 2 rings (SSSR count). The Morgan fingerprint density at radius 2 is 2.06 bits per heavy atom. The molecule has 0 unspecified atom stereocenters. The van der Waals surface area contributed by atoms with Crippen molar-refractivity contribution >= 4 is 17.3 Å². The third-order valence-electron chi connectivity index (χ3n) is 2.61. The van der Waals surface area contributed by atoms with E-state index in [9.17, 15) is 9.90 Å². The number of aromatic nitrogens is 1. The zero-order valence-electron chi connectivity index (χ0n) is 9.24. The molecule has 0 fully saturated rings. The minimum Gasteiger partial charge on any atom is -0.481 e. The number of carboxylic acid groups (broad SMARTS) is 1. The molecular formula is C13H13NO2S. The highest BCUT2D eigenvalue weighted by atomic mass is 32.1. The second kappa shape index (κ2) is 5.59. The molecule has 88 valence electrons. The normalized spacial score (nSPS) is 12.2. The Morgan fingerprint density at radius 3 is 2.65 bits per heavy atom. The van der Waals surface area contributed by atoms with Crippen LogP contribution in [0.1, 0.15) is 11.3 Å². The van der Waals surface area contributed by atoms with Crippen LogP contribution >= 0.6 is 11.3 Å². The number of aliphatic carboxylic acids is 1. The first kappa shape index (κ1) is 11.8. The van der Waals surface area contributed by atoms with Gasteiger partial charge in [0.1, 0.15) is 0 Å². The third-order valence-corrected chi connectivity index (χ3v) is 3.25. The van der Waals surface area contributed by atoms with Crippen LogP contribution in [0.25, 0.3) is 0 Å². The predicted molar refractivity (Wildman–Crippen MR) is 67.1 cm³/mol. The molecular weight excluding hydrogens is 234 g/mol. The molecule has 1 aromatic heterocycles. The van der Waals surface area contributed by atoms with Crippen LogP contribution in [-0.2, 0) is 17.6 Å². The van der Waals surface area contributed by atoms with Crippen LogP contribution in [0.2, 0.25) is 0 Å². The van der Waals surface area contributed by atoms with Crippen LogP contribution in [0, 0.1) is 5.92 Å². The van der Waals surface area contributed by atoms with Gasteiger partial charge in [0.05, 0.1) is 17.1 Å². The number of rotatable bonds is 5. The Balaban J connectivity index is 2.06. The number of nitrogens with zero attached hydrogens (tertiary/aromatic N) is 1. The van der Waals surface area contributed by atoms with Gasteiger partial charge in [0.25, 0.3) is 0 Å². The van der Waals surface area contributed by atoms with Gasteiger partial charge in [0.2, 0.25) is 0 Å². The summed E-state index contributed by atoms with van der Waals surface area (Å²) in [5.74, 6) is -1.17. The van der Waals surface area contributed by atoms with Crippen molar-refractivity contribution in [3.63, 3.8) is 0 Å². The summed E-state index contributed by atoms with van der Waals surface area (Å²) in [5, 5.41) is 11.1. The van der Waals surface area contributed by atoms with Crippen molar-refractivity contribution in [3.8, 4) is 0 Å².